The normalized spacial score (nSPS) is 24.8. The second-order valence-electron chi connectivity index (χ2n) is 7.08. The van der Waals surface area contributed by atoms with Gasteiger partial charge in [-0.2, -0.15) is 0 Å². The summed E-state index contributed by atoms with van der Waals surface area (Å²) in [6, 6.07) is 0. The molecule has 5 heteroatoms. The van der Waals surface area contributed by atoms with Crippen LogP contribution in [0.25, 0.3) is 0 Å². The molecule has 24 heavy (non-hydrogen) atoms. The van der Waals surface area contributed by atoms with Gasteiger partial charge in [-0.15, -0.1) is 0 Å². The molecule has 2 aliphatic heterocycles. The topological polar surface area (TPSA) is 47.4 Å². The van der Waals surface area contributed by atoms with Gasteiger partial charge in [-0.05, 0) is 51.5 Å². The van der Waals surface area contributed by atoms with E-state index in [9.17, 15) is 0 Å². The molecule has 1 aliphatic carbocycles. The molecular weight excluding hydrogens is 318 g/mol. The Hall–Kier alpha value is -1.36. The Labute approximate surface area is 148 Å². The standard InChI is InChI=1S/C19H25N3OS/c1-4-5-9-14-12-7-6-8-13(12)15-16-17(24-19(15)22-14)18(21-10-20-16)23-11(2)3/h10-11,15,19H,4-9H2,1-3H3/t15-,19-/m0/s1. The monoisotopic (exact) mass is 343 g/mol. The molecule has 0 fully saturated rings. The first-order chi connectivity index (χ1) is 11.7. The summed E-state index contributed by atoms with van der Waals surface area (Å²) in [6.45, 7) is 6.33. The van der Waals surface area contributed by atoms with E-state index < -0.39 is 0 Å². The zero-order valence-electron chi connectivity index (χ0n) is 14.7. The first-order valence-electron chi connectivity index (χ1n) is 9.16. The molecule has 3 heterocycles. The lowest BCUT2D eigenvalue weighted by Gasteiger charge is -2.26. The maximum Gasteiger partial charge on any atom is 0.231 e. The number of aromatic nitrogens is 2. The first kappa shape index (κ1) is 16.1. The Kier molecular flexibility index (Phi) is 4.37. The summed E-state index contributed by atoms with van der Waals surface area (Å²) in [5, 5.41) is 0.231. The zero-order valence-corrected chi connectivity index (χ0v) is 15.5. The lowest BCUT2D eigenvalue weighted by molar-refractivity contribution is 0.225. The maximum absolute atomic E-state index is 5.93. The molecule has 0 saturated carbocycles. The minimum atomic E-state index is 0.122. The highest BCUT2D eigenvalue weighted by molar-refractivity contribution is 8.00. The van der Waals surface area contributed by atoms with E-state index >= 15 is 0 Å². The predicted molar refractivity (Wildman–Crippen MR) is 98.0 cm³/mol. The summed E-state index contributed by atoms with van der Waals surface area (Å²) in [5.74, 6) is 1.07. The third kappa shape index (κ3) is 2.67. The van der Waals surface area contributed by atoms with E-state index in [-0.39, 0.29) is 11.5 Å². The van der Waals surface area contributed by atoms with Crippen molar-refractivity contribution in [3.8, 4) is 5.88 Å². The number of hydrogen-bond donors (Lipinski definition) is 0. The van der Waals surface area contributed by atoms with Crippen molar-refractivity contribution in [2.75, 3.05) is 0 Å². The van der Waals surface area contributed by atoms with Crippen LogP contribution in [0, 0.1) is 0 Å². The van der Waals surface area contributed by atoms with Crippen LogP contribution in [0.5, 0.6) is 5.88 Å². The number of allylic oxidation sites excluding steroid dienone is 1. The average Bonchev–Trinajstić information content (AvgIpc) is 3.16. The van der Waals surface area contributed by atoms with Gasteiger partial charge in [0.05, 0.1) is 22.6 Å². The lowest BCUT2D eigenvalue weighted by atomic mass is 9.87. The molecule has 0 radical (unpaired) electrons. The zero-order chi connectivity index (χ0) is 16.7. The van der Waals surface area contributed by atoms with Gasteiger partial charge in [0.15, 0.2) is 0 Å². The van der Waals surface area contributed by atoms with E-state index in [2.05, 4.69) is 16.9 Å². The van der Waals surface area contributed by atoms with Crippen LogP contribution in [0.15, 0.2) is 27.4 Å². The van der Waals surface area contributed by atoms with Crippen molar-refractivity contribution in [1.82, 2.24) is 9.97 Å². The highest BCUT2D eigenvalue weighted by Gasteiger charge is 2.44. The molecule has 0 unspecified atom stereocenters. The highest BCUT2D eigenvalue weighted by Crippen LogP contribution is 2.56. The molecule has 0 spiro atoms. The maximum atomic E-state index is 5.93. The first-order valence-corrected chi connectivity index (χ1v) is 10.0. The Bertz CT molecular complexity index is 711. The number of aliphatic imine (C=N–C) groups is 1. The summed E-state index contributed by atoms with van der Waals surface area (Å²) in [4.78, 5) is 15.3. The van der Waals surface area contributed by atoms with E-state index in [0.717, 1.165) is 22.9 Å². The molecule has 0 bridgehead atoms. The number of hydrogen-bond acceptors (Lipinski definition) is 5. The van der Waals surface area contributed by atoms with E-state index in [1.807, 2.05) is 13.8 Å². The number of dihydropyridines is 1. The van der Waals surface area contributed by atoms with Gasteiger partial charge in [0, 0.05) is 5.71 Å². The minimum Gasteiger partial charge on any atom is -0.474 e. The molecule has 4 rings (SSSR count). The second kappa shape index (κ2) is 6.51. The Morgan fingerprint density at radius 3 is 2.96 bits per heavy atom. The van der Waals surface area contributed by atoms with Gasteiger partial charge in [-0.1, -0.05) is 30.7 Å². The fraction of sp³-hybridized carbons (Fsp3) is 0.632. The molecule has 2 atom stereocenters. The number of fused-ring (bicyclic) bond motifs is 4. The molecular formula is C19H25N3OS. The van der Waals surface area contributed by atoms with Crippen molar-refractivity contribution < 1.29 is 4.74 Å². The van der Waals surface area contributed by atoms with Crippen LogP contribution in [-0.2, 0) is 0 Å². The van der Waals surface area contributed by atoms with Gasteiger partial charge in [-0.3, -0.25) is 4.99 Å². The van der Waals surface area contributed by atoms with E-state index in [4.69, 9.17) is 9.73 Å². The molecule has 128 valence electrons. The lowest BCUT2D eigenvalue weighted by Crippen LogP contribution is -2.21. The van der Waals surface area contributed by atoms with Gasteiger partial charge in [0.1, 0.15) is 11.7 Å². The largest absolute Gasteiger partial charge is 0.474 e. The Morgan fingerprint density at radius 1 is 1.29 bits per heavy atom. The van der Waals surface area contributed by atoms with E-state index in [1.54, 1.807) is 29.2 Å². The fourth-order valence-electron chi connectivity index (χ4n) is 4.00. The number of rotatable bonds is 5. The highest BCUT2D eigenvalue weighted by atomic mass is 32.2. The van der Waals surface area contributed by atoms with Crippen LogP contribution in [-0.4, -0.2) is 27.2 Å². The van der Waals surface area contributed by atoms with Crippen molar-refractivity contribution >= 4 is 17.5 Å². The smallest absolute Gasteiger partial charge is 0.231 e. The SMILES string of the molecule is CCCCC1=N[C@H]2Sc3c(OC(C)C)ncnc3[C@@H]2C2=C1CCC2. The number of ether oxygens (including phenoxy) is 1. The summed E-state index contributed by atoms with van der Waals surface area (Å²) in [6.07, 6.45) is 9.01. The quantitative estimate of drug-likeness (QED) is 0.762. The second-order valence-corrected chi connectivity index (χ2v) is 8.21. The van der Waals surface area contributed by atoms with Gasteiger partial charge >= 0.3 is 0 Å². The summed E-state index contributed by atoms with van der Waals surface area (Å²) in [7, 11) is 0. The fourth-order valence-corrected chi connectivity index (χ4v) is 5.36. The summed E-state index contributed by atoms with van der Waals surface area (Å²) < 4.78 is 5.93. The van der Waals surface area contributed by atoms with Crippen LogP contribution in [0.1, 0.15) is 70.9 Å². The Morgan fingerprint density at radius 2 is 2.17 bits per heavy atom. The van der Waals surface area contributed by atoms with Gasteiger partial charge in [0.25, 0.3) is 0 Å². The molecule has 3 aliphatic rings. The van der Waals surface area contributed by atoms with E-state index in [0.29, 0.717) is 5.92 Å². The van der Waals surface area contributed by atoms with Crippen molar-refractivity contribution in [3.05, 3.63) is 23.2 Å². The number of nitrogens with zero attached hydrogens (tertiary/aromatic N) is 3. The summed E-state index contributed by atoms with van der Waals surface area (Å²) in [5.41, 5.74) is 5.65. The Balaban J connectivity index is 1.72. The van der Waals surface area contributed by atoms with Crippen molar-refractivity contribution in [3.63, 3.8) is 0 Å². The van der Waals surface area contributed by atoms with Crippen LogP contribution < -0.4 is 4.74 Å². The van der Waals surface area contributed by atoms with Crippen molar-refractivity contribution in [1.29, 1.82) is 0 Å². The molecule has 1 aromatic rings. The third-order valence-corrected chi connectivity index (χ3v) is 6.24. The van der Waals surface area contributed by atoms with Crippen LogP contribution in [0.3, 0.4) is 0 Å². The van der Waals surface area contributed by atoms with Crippen molar-refractivity contribution in [2.45, 2.75) is 81.6 Å². The van der Waals surface area contributed by atoms with Crippen LogP contribution in [0.2, 0.25) is 0 Å². The molecule has 0 saturated heterocycles. The van der Waals surface area contributed by atoms with Crippen LogP contribution in [0.4, 0.5) is 0 Å². The van der Waals surface area contributed by atoms with Gasteiger partial charge in [-0.25, -0.2) is 9.97 Å². The van der Waals surface area contributed by atoms with Crippen molar-refractivity contribution in [2.24, 2.45) is 4.99 Å². The summed E-state index contributed by atoms with van der Waals surface area (Å²) >= 11 is 1.80. The molecule has 0 aromatic carbocycles. The molecule has 0 N–H and O–H groups in total. The van der Waals surface area contributed by atoms with E-state index in [1.165, 1.54) is 37.8 Å². The molecule has 0 amide bonds. The predicted octanol–water partition coefficient (Wildman–Crippen LogP) is 4.90. The molecule has 4 nitrogen and oxygen atoms in total. The van der Waals surface area contributed by atoms with Gasteiger partial charge < -0.3 is 4.74 Å². The third-order valence-electron chi connectivity index (χ3n) is 5.00. The minimum absolute atomic E-state index is 0.122. The average molecular weight is 343 g/mol. The number of unbranched alkanes of at least 4 members (excludes halogenated alkanes) is 1. The number of thioether (sulfide) groups is 1. The molecule has 1 aromatic heterocycles. The van der Waals surface area contributed by atoms with Gasteiger partial charge in [0.2, 0.25) is 5.88 Å². The van der Waals surface area contributed by atoms with Crippen LogP contribution >= 0.6 is 11.8 Å².